The van der Waals surface area contributed by atoms with Gasteiger partial charge in [-0.15, -0.1) is 0 Å². The Morgan fingerprint density at radius 2 is 1.95 bits per heavy atom. The van der Waals surface area contributed by atoms with Crippen LogP contribution in [0.25, 0.3) is 0 Å². The summed E-state index contributed by atoms with van der Waals surface area (Å²) in [7, 11) is 0. The summed E-state index contributed by atoms with van der Waals surface area (Å²) in [6.45, 7) is 5.13. The van der Waals surface area contributed by atoms with Gasteiger partial charge in [0, 0.05) is 19.6 Å². The number of morpholine rings is 1. The van der Waals surface area contributed by atoms with Gasteiger partial charge in [-0.3, -0.25) is 0 Å². The number of esters is 1. The second-order valence-electron chi connectivity index (χ2n) is 4.84. The number of ether oxygens (including phenoxy) is 2. The molecule has 6 heteroatoms. The van der Waals surface area contributed by atoms with E-state index in [1.54, 1.807) is 16.7 Å². The third kappa shape index (κ3) is 3.37. The van der Waals surface area contributed by atoms with Crippen molar-refractivity contribution in [2.75, 3.05) is 39.5 Å². The van der Waals surface area contributed by atoms with Crippen molar-refractivity contribution >= 4 is 12.0 Å². The Morgan fingerprint density at radius 1 is 1.21 bits per heavy atom. The molecule has 2 fully saturated rings. The Balaban J connectivity index is 2.01. The van der Waals surface area contributed by atoms with Crippen LogP contribution in [0.15, 0.2) is 0 Å². The van der Waals surface area contributed by atoms with E-state index in [0.29, 0.717) is 45.9 Å². The summed E-state index contributed by atoms with van der Waals surface area (Å²) >= 11 is 0. The van der Waals surface area contributed by atoms with Gasteiger partial charge >= 0.3 is 12.0 Å². The second kappa shape index (κ2) is 6.75. The van der Waals surface area contributed by atoms with E-state index < -0.39 is 6.04 Å². The molecule has 0 aromatic carbocycles. The molecule has 2 saturated heterocycles. The number of rotatable bonds is 2. The monoisotopic (exact) mass is 270 g/mol. The average molecular weight is 270 g/mol. The molecule has 2 heterocycles. The number of likely N-dealkylation sites (tertiary alicyclic amines) is 1. The van der Waals surface area contributed by atoms with Crippen molar-refractivity contribution in [2.45, 2.75) is 32.2 Å². The summed E-state index contributed by atoms with van der Waals surface area (Å²) in [6.07, 6.45) is 2.62. The minimum Gasteiger partial charge on any atom is -0.464 e. The maximum absolute atomic E-state index is 12.5. The zero-order valence-electron chi connectivity index (χ0n) is 11.5. The van der Waals surface area contributed by atoms with Crippen LogP contribution in [0.4, 0.5) is 4.79 Å². The van der Waals surface area contributed by atoms with Gasteiger partial charge in [0.15, 0.2) is 0 Å². The van der Waals surface area contributed by atoms with Crippen LogP contribution in [0.2, 0.25) is 0 Å². The third-order valence-corrected chi connectivity index (χ3v) is 3.59. The highest BCUT2D eigenvalue weighted by atomic mass is 16.5. The molecule has 6 nitrogen and oxygen atoms in total. The highest BCUT2D eigenvalue weighted by Crippen LogP contribution is 2.20. The molecule has 0 spiro atoms. The normalized spacial score (nSPS) is 24.2. The minimum atomic E-state index is -0.413. The number of hydrogen-bond donors (Lipinski definition) is 0. The first-order valence-corrected chi connectivity index (χ1v) is 7.04. The van der Waals surface area contributed by atoms with E-state index >= 15 is 0 Å². The molecule has 0 aliphatic carbocycles. The summed E-state index contributed by atoms with van der Waals surface area (Å²) in [6, 6.07) is -0.468. The fourth-order valence-corrected chi connectivity index (χ4v) is 2.58. The summed E-state index contributed by atoms with van der Waals surface area (Å²) in [5.74, 6) is -0.274. The first kappa shape index (κ1) is 14.1. The number of carbonyl (C=O) groups is 2. The van der Waals surface area contributed by atoms with Crippen LogP contribution in [0.3, 0.4) is 0 Å². The van der Waals surface area contributed by atoms with Crippen molar-refractivity contribution in [3.63, 3.8) is 0 Å². The Kier molecular flexibility index (Phi) is 5.01. The lowest BCUT2D eigenvalue weighted by molar-refractivity contribution is -0.149. The van der Waals surface area contributed by atoms with Crippen LogP contribution in [0.1, 0.15) is 26.2 Å². The van der Waals surface area contributed by atoms with Crippen LogP contribution in [0.5, 0.6) is 0 Å². The summed E-state index contributed by atoms with van der Waals surface area (Å²) in [5, 5.41) is 0. The lowest BCUT2D eigenvalue weighted by Crippen LogP contribution is -2.55. The van der Waals surface area contributed by atoms with Gasteiger partial charge in [0.1, 0.15) is 6.04 Å². The number of nitrogens with zero attached hydrogens (tertiary/aromatic N) is 2. The highest BCUT2D eigenvalue weighted by Gasteiger charge is 2.35. The molecular weight excluding hydrogens is 248 g/mol. The van der Waals surface area contributed by atoms with E-state index in [0.717, 1.165) is 12.8 Å². The van der Waals surface area contributed by atoms with Crippen LogP contribution >= 0.6 is 0 Å². The van der Waals surface area contributed by atoms with E-state index in [4.69, 9.17) is 9.47 Å². The number of hydrogen-bond acceptors (Lipinski definition) is 4. The number of amides is 2. The third-order valence-electron chi connectivity index (χ3n) is 3.59. The molecule has 2 amide bonds. The summed E-state index contributed by atoms with van der Waals surface area (Å²) in [4.78, 5) is 27.8. The van der Waals surface area contributed by atoms with Crippen molar-refractivity contribution in [1.82, 2.24) is 9.80 Å². The Labute approximate surface area is 113 Å². The molecule has 0 saturated carbocycles. The van der Waals surface area contributed by atoms with Gasteiger partial charge in [-0.05, 0) is 26.2 Å². The quantitative estimate of drug-likeness (QED) is 0.698. The zero-order chi connectivity index (χ0) is 13.7. The molecule has 0 N–H and O–H groups in total. The minimum absolute atomic E-state index is 0.0546. The van der Waals surface area contributed by atoms with Crippen molar-refractivity contribution < 1.29 is 19.1 Å². The highest BCUT2D eigenvalue weighted by molar-refractivity contribution is 5.84. The van der Waals surface area contributed by atoms with E-state index in [1.807, 2.05) is 0 Å². The lowest BCUT2D eigenvalue weighted by atomic mass is 10.0. The van der Waals surface area contributed by atoms with E-state index in [-0.39, 0.29) is 12.0 Å². The second-order valence-corrected chi connectivity index (χ2v) is 4.84. The summed E-state index contributed by atoms with van der Waals surface area (Å²) < 4.78 is 10.3. The SMILES string of the molecule is CCOC(=O)C1CCCCN1C(=O)N1CCOCC1. The largest absolute Gasteiger partial charge is 0.464 e. The van der Waals surface area contributed by atoms with Gasteiger partial charge in [0.05, 0.1) is 19.8 Å². The van der Waals surface area contributed by atoms with Crippen molar-refractivity contribution in [2.24, 2.45) is 0 Å². The molecule has 19 heavy (non-hydrogen) atoms. The van der Waals surface area contributed by atoms with Crippen molar-refractivity contribution in [3.05, 3.63) is 0 Å². The molecule has 0 aromatic heterocycles. The molecule has 2 aliphatic rings. The van der Waals surface area contributed by atoms with Gasteiger partial charge in [-0.2, -0.15) is 0 Å². The Bertz CT molecular complexity index is 329. The van der Waals surface area contributed by atoms with Gasteiger partial charge in [-0.1, -0.05) is 0 Å². The number of urea groups is 1. The standard InChI is InChI=1S/C13H22N2O4/c1-2-19-12(16)11-5-3-4-6-15(11)13(17)14-7-9-18-10-8-14/h11H,2-10H2,1H3. The molecule has 2 rings (SSSR count). The predicted octanol–water partition coefficient (Wildman–Crippen LogP) is 0.856. The van der Waals surface area contributed by atoms with Gasteiger partial charge in [0.2, 0.25) is 0 Å². The van der Waals surface area contributed by atoms with Crippen LogP contribution in [-0.4, -0.2) is 67.3 Å². The molecule has 1 atom stereocenters. The summed E-state index contributed by atoms with van der Waals surface area (Å²) in [5.41, 5.74) is 0. The predicted molar refractivity (Wildman–Crippen MR) is 68.8 cm³/mol. The van der Waals surface area contributed by atoms with Gasteiger partial charge < -0.3 is 19.3 Å². The first-order chi connectivity index (χ1) is 9.24. The maximum Gasteiger partial charge on any atom is 0.328 e. The molecule has 2 aliphatic heterocycles. The molecule has 0 radical (unpaired) electrons. The van der Waals surface area contributed by atoms with Crippen molar-refractivity contribution in [3.8, 4) is 0 Å². The fraction of sp³-hybridized carbons (Fsp3) is 0.846. The maximum atomic E-state index is 12.5. The van der Waals surface area contributed by atoms with E-state index in [1.165, 1.54) is 0 Å². The van der Waals surface area contributed by atoms with Crippen LogP contribution < -0.4 is 0 Å². The number of piperidine rings is 1. The van der Waals surface area contributed by atoms with Crippen LogP contribution in [-0.2, 0) is 14.3 Å². The van der Waals surface area contributed by atoms with E-state index in [9.17, 15) is 9.59 Å². The Morgan fingerprint density at radius 3 is 2.63 bits per heavy atom. The molecular formula is C13H22N2O4. The topological polar surface area (TPSA) is 59.1 Å². The molecule has 108 valence electrons. The molecule has 0 bridgehead atoms. The van der Waals surface area contributed by atoms with E-state index in [2.05, 4.69) is 0 Å². The van der Waals surface area contributed by atoms with Crippen molar-refractivity contribution in [1.29, 1.82) is 0 Å². The van der Waals surface area contributed by atoms with Gasteiger partial charge in [-0.25, -0.2) is 9.59 Å². The smallest absolute Gasteiger partial charge is 0.328 e. The van der Waals surface area contributed by atoms with Crippen LogP contribution in [0, 0.1) is 0 Å². The molecule has 1 unspecified atom stereocenters. The average Bonchev–Trinajstić information content (AvgIpc) is 2.47. The van der Waals surface area contributed by atoms with Gasteiger partial charge in [0.25, 0.3) is 0 Å². The number of carbonyl (C=O) groups excluding carboxylic acids is 2. The molecule has 0 aromatic rings. The first-order valence-electron chi connectivity index (χ1n) is 7.04. The fourth-order valence-electron chi connectivity index (χ4n) is 2.58. The lowest BCUT2D eigenvalue weighted by Gasteiger charge is -2.38. The zero-order valence-corrected chi connectivity index (χ0v) is 11.5. The Hall–Kier alpha value is -1.30.